The molecular weight excluding hydrogens is 204 g/mol. The van der Waals surface area contributed by atoms with Gasteiger partial charge in [-0.25, -0.2) is 0 Å². The van der Waals surface area contributed by atoms with Crippen molar-refractivity contribution in [2.75, 3.05) is 20.2 Å². The van der Waals surface area contributed by atoms with E-state index in [1.807, 2.05) is 6.92 Å². The smallest absolute Gasteiger partial charge is 0.325 e. The van der Waals surface area contributed by atoms with Crippen LogP contribution < -0.4 is 10.6 Å². The van der Waals surface area contributed by atoms with Crippen LogP contribution in [0.5, 0.6) is 0 Å². The summed E-state index contributed by atoms with van der Waals surface area (Å²) >= 11 is 0. The van der Waals surface area contributed by atoms with E-state index in [9.17, 15) is 4.79 Å². The van der Waals surface area contributed by atoms with Gasteiger partial charge in [0.15, 0.2) is 0 Å². The fraction of sp³-hybridized carbons (Fsp3) is 0.917. The summed E-state index contributed by atoms with van der Waals surface area (Å²) in [6.45, 7) is 4.03. The molecule has 2 aliphatic rings. The normalized spacial score (nSPS) is 38.9. The first kappa shape index (κ1) is 11.9. The summed E-state index contributed by atoms with van der Waals surface area (Å²) in [5, 5.41) is 6.82. The van der Waals surface area contributed by atoms with Gasteiger partial charge in [-0.1, -0.05) is 0 Å². The minimum atomic E-state index is -0.460. The molecule has 2 heterocycles. The average Bonchev–Trinajstić information content (AvgIpc) is 2.89. The Hall–Kier alpha value is -0.610. The summed E-state index contributed by atoms with van der Waals surface area (Å²) in [4.78, 5) is 11.6. The van der Waals surface area contributed by atoms with Crippen LogP contribution in [0, 0.1) is 5.92 Å². The van der Waals surface area contributed by atoms with Gasteiger partial charge in [0.25, 0.3) is 0 Å². The van der Waals surface area contributed by atoms with E-state index in [0.717, 1.165) is 19.5 Å². The molecule has 2 fully saturated rings. The zero-order chi connectivity index (χ0) is 11.6. The SMILES string of the molecule is COC(=O)C1(C)CC(CC2CCCN2)CN1. The summed E-state index contributed by atoms with van der Waals surface area (Å²) in [7, 11) is 1.46. The lowest BCUT2D eigenvalue weighted by Crippen LogP contribution is -2.45. The fourth-order valence-corrected chi connectivity index (χ4v) is 3.00. The molecule has 0 amide bonds. The van der Waals surface area contributed by atoms with E-state index in [1.165, 1.54) is 26.4 Å². The number of carbonyl (C=O) groups excluding carboxylic acids is 1. The van der Waals surface area contributed by atoms with E-state index in [1.54, 1.807) is 0 Å². The minimum absolute atomic E-state index is 0.130. The Bertz CT molecular complexity index is 264. The zero-order valence-corrected chi connectivity index (χ0v) is 10.2. The van der Waals surface area contributed by atoms with Gasteiger partial charge >= 0.3 is 5.97 Å². The molecule has 0 aromatic heterocycles. The molecule has 3 unspecified atom stereocenters. The van der Waals surface area contributed by atoms with Crippen LogP contribution in [-0.4, -0.2) is 37.7 Å². The molecule has 0 aromatic carbocycles. The summed E-state index contributed by atoms with van der Waals surface area (Å²) in [6, 6.07) is 0.659. The van der Waals surface area contributed by atoms with Crippen molar-refractivity contribution in [3.05, 3.63) is 0 Å². The van der Waals surface area contributed by atoms with E-state index < -0.39 is 5.54 Å². The predicted octanol–water partition coefficient (Wildman–Crippen LogP) is 0.670. The lowest BCUT2D eigenvalue weighted by Gasteiger charge is -2.21. The van der Waals surface area contributed by atoms with Crippen LogP contribution in [0.4, 0.5) is 0 Å². The van der Waals surface area contributed by atoms with Crippen LogP contribution in [0.25, 0.3) is 0 Å². The van der Waals surface area contributed by atoms with Gasteiger partial charge in [-0.15, -0.1) is 0 Å². The first-order chi connectivity index (χ1) is 7.64. The molecule has 92 valence electrons. The second kappa shape index (κ2) is 4.72. The number of rotatable bonds is 3. The number of esters is 1. The molecule has 2 aliphatic heterocycles. The van der Waals surface area contributed by atoms with Crippen molar-refractivity contribution in [3.63, 3.8) is 0 Å². The molecule has 4 nitrogen and oxygen atoms in total. The largest absolute Gasteiger partial charge is 0.468 e. The van der Waals surface area contributed by atoms with Crippen LogP contribution in [-0.2, 0) is 9.53 Å². The maximum atomic E-state index is 11.6. The van der Waals surface area contributed by atoms with E-state index in [2.05, 4.69) is 10.6 Å². The van der Waals surface area contributed by atoms with Crippen molar-refractivity contribution in [1.29, 1.82) is 0 Å². The Morgan fingerprint density at radius 1 is 1.56 bits per heavy atom. The molecule has 0 aliphatic carbocycles. The second-order valence-electron chi connectivity index (χ2n) is 5.30. The van der Waals surface area contributed by atoms with Crippen LogP contribution in [0.15, 0.2) is 0 Å². The standard InChI is InChI=1S/C12H22N2O2/c1-12(11(15)16-2)7-9(8-14-12)6-10-4-3-5-13-10/h9-10,13-14H,3-8H2,1-2H3. The van der Waals surface area contributed by atoms with Gasteiger partial charge in [0.1, 0.15) is 5.54 Å². The first-order valence-corrected chi connectivity index (χ1v) is 6.21. The van der Waals surface area contributed by atoms with Gasteiger partial charge in [0.05, 0.1) is 7.11 Å². The highest BCUT2D eigenvalue weighted by Crippen LogP contribution is 2.29. The molecule has 2 N–H and O–H groups in total. The van der Waals surface area contributed by atoms with Gasteiger partial charge < -0.3 is 15.4 Å². The van der Waals surface area contributed by atoms with Crippen molar-refractivity contribution in [2.24, 2.45) is 5.92 Å². The van der Waals surface area contributed by atoms with Crippen LogP contribution >= 0.6 is 0 Å². The van der Waals surface area contributed by atoms with Crippen molar-refractivity contribution in [3.8, 4) is 0 Å². The van der Waals surface area contributed by atoms with Crippen molar-refractivity contribution in [1.82, 2.24) is 10.6 Å². The zero-order valence-electron chi connectivity index (χ0n) is 10.2. The Labute approximate surface area is 97.1 Å². The second-order valence-corrected chi connectivity index (χ2v) is 5.30. The number of hydrogen-bond donors (Lipinski definition) is 2. The van der Waals surface area contributed by atoms with Gasteiger partial charge in [-0.05, 0) is 51.6 Å². The van der Waals surface area contributed by atoms with Crippen molar-refractivity contribution >= 4 is 5.97 Å². The Kier molecular flexibility index (Phi) is 3.50. The molecule has 0 radical (unpaired) electrons. The lowest BCUT2D eigenvalue weighted by molar-refractivity contribution is -0.147. The maximum Gasteiger partial charge on any atom is 0.325 e. The highest BCUT2D eigenvalue weighted by molar-refractivity contribution is 5.80. The van der Waals surface area contributed by atoms with Gasteiger partial charge in [0, 0.05) is 6.04 Å². The number of hydrogen-bond acceptors (Lipinski definition) is 4. The number of nitrogens with one attached hydrogen (secondary N) is 2. The van der Waals surface area contributed by atoms with Crippen molar-refractivity contribution in [2.45, 2.75) is 44.2 Å². The number of ether oxygens (including phenoxy) is 1. The minimum Gasteiger partial charge on any atom is -0.468 e. The van der Waals surface area contributed by atoms with E-state index in [4.69, 9.17) is 4.74 Å². The summed E-state index contributed by atoms with van der Waals surface area (Å²) in [5.41, 5.74) is -0.460. The summed E-state index contributed by atoms with van der Waals surface area (Å²) in [6.07, 6.45) is 4.65. The topological polar surface area (TPSA) is 50.4 Å². The Morgan fingerprint density at radius 2 is 2.38 bits per heavy atom. The van der Waals surface area contributed by atoms with Gasteiger partial charge in [-0.3, -0.25) is 4.79 Å². The molecule has 16 heavy (non-hydrogen) atoms. The molecule has 3 atom stereocenters. The Balaban J connectivity index is 1.84. The fourth-order valence-electron chi connectivity index (χ4n) is 3.00. The predicted molar refractivity (Wildman–Crippen MR) is 62.2 cm³/mol. The van der Waals surface area contributed by atoms with Gasteiger partial charge in [-0.2, -0.15) is 0 Å². The van der Waals surface area contributed by atoms with E-state index in [0.29, 0.717) is 12.0 Å². The highest BCUT2D eigenvalue weighted by Gasteiger charge is 2.42. The highest BCUT2D eigenvalue weighted by atomic mass is 16.5. The molecular formula is C12H22N2O2. The molecule has 0 aromatic rings. The molecule has 0 spiro atoms. The molecule has 0 bridgehead atoms. The summed E-state index contributed by atoms with van der Waals surface area (Å²) < 4.78 is 4.84. The van der Waals surface area contributed by atoms with Crippen molar-refractivity contribution < 1.29 is 9.53 Å². The van der Waals surface area contributed by atoms with Crippen LogP contribution in [0.2, 0.25) is 0 Å². The lowest BCUT2D eigenvalue weighted by atomic mass is 9.90. The third-order valence-corrected chi connectivity index (χ3v) is 3.89. The molecule has 4 heteroatoms. The van der Waals surface area contributed by atoms with E-state index in [-0.39, 0.29) is 5.97 Å². The average molecular weight is 226 g/mol. The number of methoxy groups -OCH3 is 1. The third-order valence-electron chi connectivity index (χ3n) is 3.89. The van der Waals surface area contributed by atoms with E-state index >= 15 is 0 Å². The van der Waals surface area contributed by atoms with Crippen LogP contribution in [0.3, 0.4) is 0 Å². The van der Waals surface area contributed by atoms with Crippen LogP contribution in [0.1, 0.15) is 32.6 Å². The van der Waals surface area contributed by atoms with Gasteiger partial charge in [0.2, 0.25) is 0 Å². The molecule has 2 saturated heterocycles. The Morgan fingerprint density at radius 3 is 3.00 bits per heavy atom. The maximum absolute atomic E-state index is 11.6. The molecule has 0 saturated carbocycles. The number of carbonyl (C=O) groups is 1. The molecule has 2 rings (SSSR count). The quantitative estimate of drug-likeness (QED) is 0.695. The summed E-state index contributed by atoms with van der Waals surface area (Å²) in [5.74, 6) is 0.467. The first-order valence-electron chi connectivity index (χ1n) is 6.21. The third kappa shape index (κ3) is 2.38. The monoisotopic (exact) mass is 226 g/mol.